The Morgan fingerprint density at radius 2 is 1.85 bits per heavy atom. The number of hydrogen-bond donors (Lipinski definition) is 1. The van der Waals surface area contributed by atoms with E-state index < -0.39 is 33.4 Å². The maximum Gasteiger partial charge on any atom is 0.311 e. The first kappa shape index (κ1) is 28.9. The Morgan fingerprint density at radius 3 is 2.58 bits per heavy atom. The number of rotatable bonds is 5. The number of hydrogen-bond acceptors (Lipinski definition) is 6. The maximum absolute atomic E-state index is 14.8. The van der Waals surface area contributed by atoms with E-state index in [4.69, 9.17) is 4.74 Å². The number of aryl methyl sites for hydroxylation is 2. The lowest BCUT2D eigenvalue weighted by atomic mass is 9.74. The molecular weight excluding hydrogens is 524 g/mol. The number of benzene rings is 1. The minimum atomic E-state index is -0.970. The van der Waals surface area contributed by atoms with Crippen LogP contribution in [0.25, 0.3) is 0 Å². The number of esters is 1. The summed E-state index contributed by atoms with van der Waals surface area (Å²) in [5, 5.41) is 10.6. The zero-order valence-corrected chi connectivity index (χ0v) is 25.1. The van der Waals surface area contributed by atoms with E-state index >= 15 is 0 Å². The molecule has 4 heterocycles. The van der Waals surface area contributed by atoms with Gasteiger partial charge in [0.1, 0.15) is 6.04 Å². The first-order chi connectivity index (χ1) is 19.0. The van der Waals surface area contributed by atoms with Gasteiger partial charge in [0.25, 0.3) is 5.91 Å². The Morgan fingerprint density at radius 1 is 1.07 bits per heavy atom. The van der Waals surface area contributed by atoms with Gasteiger partial charge in [-0.1, -0.05) is 50.3 Å². The number of aliphatic hydroxyl groups excluding tert-OH is 1. The molecule has 0 aliphatic carbocycles. The normalized spacial score (nSPS) is 33.8. The molecule has 2 saturated heterocycles. The van der Waals surface area contributed by atoms with Crippen molar-refractivity contribution in [1.29, 1.82) is 0 Å². The van der Waals surface area contributed by atoms with Crippen molar-refractivity contribution in [3.63, 3.8) is 0 Å². The van der Waals surface area contributed by atoms with Gasteiger partial charge in [-0.3, -0.25) is 14.4 Å². The number of anilines is 1. The van der Waals surface area contributed by atoms with Crippen LogP contribution in [0, 0.1) is 31.6 Å². The number of aliphatic hydroxyl groups is 1. The van der Waals surface area contributed by atoms with Crippen molar-refractivity contribution in [2.75, 3.05) is 24.7 Å². The molecular formula is C32H42N2O5S. The highest BCUT2D eigenvalue weighted by Gasteiger charge is 2.74. The zero-order valence-electron chi connectivity index (χ0n) is 24.3. The summed E-state index contributed by atoms with van der Waals surface area (Å²) in [7, 11) is 0. The molecule has 1 spiro atoms. The van der Waals surface area contributed by atoms with Gasteiger partial charge in [0.2, 0.25) is 5.91 Å². The van der Waals surface area contributed by atoms with Gasteiger partial charge in [-0.05, 0) is 69.6 Å². The quantitative estimate of drug-likeness (QED) is 0.415. The summed E-state index contributed by atoms with van der Waals surface area (Å²) in [5.41, 5.74) is 2.84. The van der Waals surface area contributed by atoms with Crippen molar-refractivity contribution in [2.45, 2.75) is 81.9 Å². The molecule has 1 aromatic carbocycles. The number of ether oxygens (including phenoxy) is 1. The number of cyclic esters (lactones) is 1. The fraction of sp³-hybridized carbons (Fsp3) is 0.594. The van der Waals surface area contributed by atoms with E-state index in [0.29, 0.717) is 19.6 Å². The standard InChI is InChI=1S/C32H42N2O5S/c1-20(2)17-23(19-35)34-27-29(37)33(24-18-21(3)11-12-22(24)4)15-10-14-32(27)25(28(34)36)26-30(38)39-16-9-7-6-8-13-31(26,5)40-32/h8,10-14,18,20,23,25-27,35H,6-7,9,15-17,19H2,1-5H3/b13-8-/t23-,25+,26+,27?,31-,32+/m1/s1. The monoisotopic (exact) mass is 566 g/mol. The molecule has 0 aromatic heterocycles. The Balaban J connectivity index is 1.69. The van der Waals surface area contributed by atoms with Gasteiger partial charge in [0, 0.05) is 17.0 Å². The van der Waals surface area contributed by atoms with E-state index in [-0.39, 0.29) is 30.3 Å². The highest BCUT2D eigenvalue weighted by atomic mass is 32.2. The fourth-order valence-corrected chi connectivity index (χ4v) is 9.32. The molecule has 216 valence electrons. The van der Waals surface area contributed by atoms with Crippen LogP contribution in [0.15, 0.2) is 42.5 Å². The number of thioether (sulfide) groups is 1. The van der Waals surface area contributed by atoms with E-state index in [2.05, 4.69) is 12.2 Å². The van der Waals surface area contributed by atoms with E-state index in [1.807, 2.05) is 65.0 Å². The summed E-state index contributed by atoms with van der Waals surface area (Å²) in [6.45, 7) is 10.5. The second kappa shape index (κ2) is 11.0. The van der Waals surface area contributed by atoms with Gasteiger partial charge < -0.3 is 19.6 Å². The van der Waals surface area contributed by atoms with Crippen LogP contribution >= 0.6 is 11.8 Å². The topological polar surface area (TPSA) is 87.2 Å². The summed E-state index contributed by atoms with van der Waals surface area (Å²) < 4.78 is 4.08. The average Bonchev–Trinajstić information content (AvgIpc) is 3.24. The van der Waals surface area contributed by atoms with Crippen LogP contribution in [0.5, 0.6) is 0 Å². The van der Waals surface area contributed by atoms with Crippen molar-refractivity contribution >= 4 is 35.2 Å². The van der Waals surface area contributed by atoms with Crippen LogP contribution in [0.2, 0.25) is 0 Å². The third-order valence-corrected chi connectivity index (χ3v) is 10.7. The Bertz CT molecular complexity index is 1240. The number of fused-ring (bicyclic) bond motifs is 2. The molecule has 6 atom stereocenters. The summed E-state index contributed by atoms with van der Waals surface area (Å²) in [6.07, 6.45) is 11.3. The van der Waals surface area contributed by atoms with Gasteiger partial charge >= 0.3 is 5.97 Å². The predicted molar refractivity (Wildman–Crippen MR) is 158 cm³/mol. The third kappa shape index (κ3) is 4.71. The molecule has 0 saturated carbocycles. The van der Waals surface area contributed by atoms with Gasteiger partial charge in [-0.25, -0.2) is 0 Å². The maximum atomic E-state index is 14.8. The van der Waals surface area contributed by atoms with Crippen molar-refractivity contribution in [2.24, 2.45) is 17.8 Å². The first-order valence-electron chi connectivity index (χ1n) is 14.6. The third-order valence-electron chi connectivity index (χ3n) is 8.94. The molecule has 1 aromatic rings. The second-order valence-corrected chi connectivity index (χ2v) is 14.2. The number of allylic oxidation sites excluding steroid dienone is 1. The number of carbonyl (C=O) groups is 3. The van der Waals surface area contributed by atoms with Gasteiger partial charge in [-0.15, -0.1) is 11.8 Å². The lowest BCUT2D eigenvalue weighted by Crippen LogP contribution is -2.57. The van der Waals surface area contributed by atoms with Crippen LogP contribution < -0.4 is 4.90 Å². The Labute approximate surface area is 242 Å². The van der Waals surface area contributed by atoms with E-state index in [1.54, 1.807) is 21.6 Å². The SMILES string of the molecule is Cc1ccc(C)c(N2CC=C[C@]34S[C@]5(C)/C=C\CCCCOC(=O)[C@@H]5[C@H]3C(=O)N([C@@H](CO)CC(C)C)C4C2=O)c1. The molecule has 0 radical (unpaired) electrons. The molecule has 5 rings (SSSR count). The van der Waals surface area contributed by atoms with E-state index in [9.17, 15) is 19.5 Å². The summed E-state index contributed by atoms with van der Waals surface area (Å²) in [6, 6.07) is 4.66. The van der Waals surface area contributed by atoms with Crippen LogP contribution in [0.3, 0.4) is 0 Å². The molecule has 7 nitrogen and oxygen atoms in total. The average molecular weight is 567 g/mol. The Hall–Kier alpha value is -2.58. The minimum Gasteiger partial charge on any atom is -0.465 e. The lowest BCUT2D eigenvalue weighted by molar-refractivity contribution is -0.154. The van der Waals surface area contributed by atoms with Crippen molar-refractivity contribution in [3.8, 4) is 0 Å². The minimum absolute atomic E-state index is 0.172. The highest BCUT2D eigenvalue weighted by molar-refractivity contribution is 8.02. The number of likely N-dealkylation sites (tertiary alicyclic amines) is 1. The zero-order chi connectivity index (χ0) is 28.8. The molecule has 0 bridgehead atoms. The molecule has 4 aliphatic heterocycles. The number of carbonyl (C=O) groups excluding carboxylic acids is 3. The van der Waals surface area contributed by atoms with Crippen LogP contribution in [0.1, 0.15) is 57.6 Å². The molecule has 2 amide bonds. The van der Waals surface area contributed by atoms with Crippen LogP contribution in [-0.2, 0) is 19.1 Å². The largest absolute Gasteiger partial charge is 0.465 e. The fourth-order valence-electron chi connectivity index (χ4n) is 7.18. The first-order valence-corrected chi connectivity index (χ1v) is 15.4. The second-order valence-electron chi connectivity index (χ2n) is 12.4. The lowest BCUT2D eigenvalue weighted by Gasteiger charge is -2.40. The summed E-state index contributed by atoms with van der Waals surface area (Å²) in [4.78, 5) is 46.5. The smallest absolute Gasteiger partial charge is 0.311 e. The molecule has 40 heavy (non-hydrogen) atoms. The predicted octanol–water partition coefficient (Wildman–Crippen LogP) is 4.58. The van der Waals surface area contributed by atoms with E-state index in [1.165, 1.54) is 0 Å². The molecule has 1 N–H and O–H groups in total. The molecule has 8 heteroatoms. The summed E-state index contributed by atoms with van der Waals surface area (Å²) in [5.74, 6) is -2.10. The molecule has 1 unspecified atom stereocenters. The van der Waals surface area contributed by atoms with Crippen LogP contribution in [-0.4, -0.2) is 69.1 Å². The Kier molecular flexibility index (Phi) is 7.96. The van der Waals surface area contributed by atoms with Gasteiger partial charge in [-0.2, -0.15) is 0 Å². The summed E-state index contributed by atoms with van der Waals surface area (Å²) >= 11 is 1.55. The van der Waals surface area contributed by atoms with E-state index in [0.717, 1.165) is 36.1 Å². The molecule has 4 aliphatic rings. The van der Waals surface area contributed by atoms with Gasteiger partial charge in [0.15, 0.2) is 0 Å². The number of amides is 2. The van der Waals surface area contributed by atoms with Crippen molar-refractivity contribution < 1.29 is 24.2 Å². The van der Waals surface area contributed by atoms with Crippen LogP contribution in [0.4, 0.5) is 5.69 Å². The van der Waals surface area contributed by atoms with Crippen molar-refractivity contribution in [3.05, 3.63) is 53.6 Å². The van der Waals surface area contributed by atoms with Crippen molar-refractivity contribution in [1.82, 2.24) is 4.90 Å². The highest BCUT2D eigenvalue weighted by Crippen LogP contribution is 2.65. The molecule has 2 fully saturated rings. The van der Waals surface area contributed by atoms with Gasteiger partial charge in [0.05, 0.1) is 35.8 Å². The number of nitrogens with zero attached hydrogens (tertiary/aromatic N) is 2.